The molecule has 1 nitrogen and oxygen atoms in total. The zero-order valence-electron chi connectivity index (χ0n) is 8.16. The molecule has 0 aliphatic rings. The van der Waals surface area contributed by atoms with Crippen LogP contribution in [0.1, 0.15) is 19.4 Å². The van der Waals surface area contributed by atoms with Crippen molar-refractivity contribution in [1.29, 1.82) is 0 Å². The molecular weight excluding hydrogens is 160 g/mol. The first-order valence-corrected chi connectivity index (χ1v) is 4.60. The summed E-state index contributed by atoms with van der Waals surface area (Å²) in [5.74, 6) is 0.553. The molecule has 0 unspecified atom stereocenters. The van der Waals surface area contributed by atoms with Crippen molar-refractivity contribution in [1.82, 2.24) is 0 Å². The highest BCUT2D eigenvalue weighted by molar-refractivity contribution is 5.88. The van der Waals surface area contributed by atoms with Gasteiger partial charge in [0.25, 0.3) is 0 Å². The first kappa shape index (κ1) is 9.97. The third-order valence-electron chi connectivity index (χ3n) is 1.74. The minimum atomic E-state index is 0.209. The fourth-order valence-corrected chi connectivity index (χ4v) is 1.23. The second-order valence-electron chi connectivity index (χ2n) is 3.54. The van der Waals surface area contributed by atoms with Gasteiger partial charge in [-0.05, 0) is 11.5 Å². The van der Waals surface area contributed by atoms with E-state index in [1.54, 1.807) is 6.42 Å². The van der Waals surface area contributed by atoms with Gasteiger partial charge in [-0.1, -0.05) is 44.2 Å². The fraction of sp³-hybridized carbons (Fsp3) is 0.333. The molecular formula is C12H15O. The van der Waals surface area contributed by atoms with Crippen molar-refractivity contribution in [2.24, 2.45) is 5.92 Å². The van der Waals surface area contributed by atoms with Gasteiger partial charge in [0.05, 0.1) is 0 Å². The van der Waals surface area contributed by atoms with Gasteiger partial charge in [-0.2, -0.15) is 0 Å². The number of hydrogen-bond donors (Lipinski definition) is 0. The van der Waals surface area contributed by atoms with E-state index >= 15 is 0 Å². The Morgan fingerprint density at radius 1 is 1.31 bits per heavy atom. The normalized spacial score (nSPS) is 10.4. The largest absolute Gasteiger partial charge is 0.299 e. The van der Waals surface area contributed by atoms with Gasteiger partial charge in [0.15, 0.2) is 0 Å². The van der Waals surface area contributed by atoms with Crippen molar-refractivity contribution in [3.63, 3.8) is 0 Å². The van der Waals surface area contributed by atoms with Crippen molar-refractivity contribution < 1.29 is 4.79 Å². The van der Waals surface area contributed by atoms with E-state index in [1.807, 2.05) is 44.2 Å². The molecule has 0 spiro atoms. The number of ketones is 1. The summed E-state index contributed by atoms with van der Waals surface area (Å²) in [6.45, 7) is 4.03. The van der Waals surface area contributed by atoms with Gasteiger partial charge in [0, 0.05) is 12.8 Å². The summed E-state index contributed by atoms with van der Waals surface area (Å²) in [5.41, 5.74) is 1.09. The predicted molar refractivity (Wildman–Crippen MR) is 54.3 cm³/mol. The number of benzene rings is 1. The smallest absolute Gasteiger partial charge is 0.141 e. The lowest BCUT2D eigenvalue weighted by atomic mass is 10.0. The van der Waals surface area contributed by atoms with E-state index in [2.05, 4.69) is 0 Å². The van der Waals surface area contributed by atoms with Crippen LogP contribution in [0.3, 0.4) is 0 Å². The highest BCUT2D eigenvalue weighted by Crippen LogP contribution is 2.05. The van der Waals surface area contributed by atoms with Crippen molar-refractivity contribution in [3.05, 3.63) is 42.3 Å². The first-order valence-electron chi connectivity index (χ1n) is 4.60. The minimum absolute atomic E-state index is 0.209. The number of rotatable bonds is 4. The summed E-state index contributed by atoms with van der Waals surface area (Å²) in [6, 6.07) is 9.83. The molecule has 1 rings (SSSR count). The van der Waals surface area contributed by atoms with Crippen LogP contribution in [0.25, 0.3) is 0 Å². The third-order valence-corrected chi connectivity index (χ3v) is 1.74. The highest BCUT2D eigenvalue weighted by Gasteiger charge is 2.05. The van der Waals surface area contributed by atoms with Crippen molar-refractivity contribution >= 4 is 5.78 Å². The third kappa shape index (κ3) is 3.88. The molecule has 0 saturated carbocycles. The zero-order chi connectivity index (χ0) is 9.68. The predicted octanol–water partition coefficient (Wildman–Crippen LogP) is 2.66. The van der Waals surface area contributed by atoms with Gasteiger partial charge in [-0.25, -0.2) is 0 Å². The van der Waals surface area contributed by atoms with Crippen LogP contribution in [0.2, 0.25) is 0 Å². The molecule has 1 aromatic carbocycles. The summed E-state index contributed by atoms with van der Waals surface area (Å²) in [4.78, 5) is 11.4. The van der Waals surface area contributed by atoms with E-state index in [9.17, 15) is 4.79 Å². The zero-order valence-corrected chi connectivity index (χ0v) is 8.16. The van der Waals surface area contributed by atoms with Gasteiger partial charge >= 0.3 is 0 Å². The van der Waals surface area contributed by atoms with Crippen LogP contribution in [0.5, 0.6) is 0 Å². The van der Waals surface area contributed by atoms with E-state index in [0.717, 1.165) is 5.56 Å². The van der Waals surface area contributed by atoms with E-state index in [4.69, 9.17) is 0 Å². The van der Waals surface area contributed by atoms with Crippen LogP contribution in [-0.2, 0) is 11.2 Å². The topological polar surface area (TPSA) is 17.1 Å². The van der Waals surface area contributed by atoms with E-state index < -0.39 is 0 Å². The lowest BCUT2D eigenvalue weighted by Gasteiger charge is -2.02. The number of carbonyl (C=O) groups is 1. The molecule has 0 fully saturated rings. The molecule has 0 heterocycles. The van der Waals surface area contributed by atoms with Crippen LogP contribution >= 0.6 is 0 Å². The number of hydrogen-bond acceptors (Lipinski definition) is 1. The maximum atomic E-state index is 11.4. The average molecular weight is 175 g/mol. The molecule has 0 atom stereocenters. The Hall–Kier alpha value is -1.11. The molecule has 0 aromatic heterocycles. The van der Waals surface area contributed by atoms with Crippen LogP contribution in [0.4, 0.5) is 0 Å². The summed E-state index contributed by atoms with van der Waals surface area (Å²) in [7, 11) is 0. The Bertz CT molecular complexity index is 262. The molecule has 0 bridgehead atoms. The maximum absolute atomic E-state index is 11.4. The van der Waals surface area contributed by atoms with Crippen molar-refractivity contribution in [2.75, 3.05) is 0 Å². The Labute approximate surface area is 79.8 Å². The monoisotopic (exact) mass is 175 g/mol. The van der Waals surface area contributed by atoms with Crippen molar-refractivity contribution in [2.45, 2.75) is 20.3 Å². The number of Topliss-reactive ketones (excluding diaryl/α,β-unsaturated/α-hetero) is 1. The van der Waals surface area contributed by atoms with Crippen LogP contribution in [0.15, 0.2) is 30.3 Å². The van der Waals surface area contributed by atoms with Crippen LogP contribution in [0, 0.1) is 12.3 Å². The minimum Gasteiger partial charge on any atom is -0.299 e. The summed E-state index contributed by atoms with van der Waals surface area (Å²) in [5, 5.41) is 0. The Kier molecular flexibility index (Phi) is 3.69. The molecule has 69 valence electrons. The molecule has 1 radical (unpaired) electrons. The van der Waals surface area contributed by atoms with Gasteiger partial charge in [-0.3, -0.25) is 4.79 Å². The summed E-state index contributed by atoms with van der Waals surface area (Å²) >= 11 is 0. The summed E-state index contributed by atoms with van der Waals surface area (Å²) < 4.78 is 0. The molecule has 1 aromatic rings. The standard InChI is InChI=1S/C12H15O/c1-10(2)8-12(13)9-11-6-4-3-5-7-11/h3-8,10H,9H2,1-2H3. The summed E-state index contributed by atoms with van der Waals surface area (Å²) in [6.07, 6.45) is 2.30. The fourth-order valence-electron chi connectivity index (χ4n) is 1.23. The molecule has 0 aliphatic carbocycles. The van der Waals surface area contributed by atoms with E-state index in [1.165, 1.54) is 0 Å². The van der Waals surface area contributed by atoms with Gasteiger partial charge in [0.1, 0.15) is 5.78 Å². The van der Waals surface area contributed by atoms with Crippen LogP contribution < -0.4 is 0 Å². The molecule has 0 N–H and O–H groups in total. The van der Waals surface area contributed by atoms with Gasteiger partial charge in [-0.15, -0.1) is 0 Å². The molecule has 1 heteroatoms. The quantitative estimate of drug-likeness (QED) is 0.687. The first-order chi connectivity index (χ1) is 6.18. The SMILES string of the molecule is CC(C)[CH]C(=O)Cc1ccccc1. The lowest BCUT2D eigenvalue weighted by Crippen LogP contribution is -2.07. The molecule has 0 amide bonds. The van der Waals surface area contributed by atoms with Gasteiger partial charge < -0.3 is 0 Å². The van der Waals surface area contributed by atoms with Gasteiger partial charge in [0.2, 0.25) is 0 Å². The second-order valence-corrected chi connectivity index (χ2v) is 3.54. The Morgan fingerprint density at radius 3 is 2.46 bits per heavy atom. The Balaban J connectivity index is 2.46. The van der Waals surface area contributed by atoms with E-state index in [-0.39, 0.29) is 5.78 Å². The Morgan fingerprint density at radius 2 is 1.92 bits per heavy atom. The highest BCUT2D eigenvalue weighted by atomic mass is 16.1. The molecule has 0 aliphatic heterocycles. The van der Waals surface area contributed by atoms with E-state index in [0.29, 0.717) is 12.3 Å². The maximum Gasteiger partial charge on any atom is 0.141 e. The van der Waals surface area contributed by atoms with Crippen LogP contribution in [-0.4, -0.2) is 5.78 Å². The average Bonchev–Trinajstić information content (AvgIpc) is 2.04. The number of carbonyl (C=O) groups excluding carboxylic acids is 1. The lowest BCUT2D eigenvalue weighted by molar-refractivity contribution is -0.115. The molecule has 0 saturated heterocycles. The molecule has 13 heavy (non-hydrogen) atoms. The van der Waals surface area contributed by atoms with Crippen molar-refractivity contribution in [3.8, 4) is 0 Å². The second kappa shape index (κ2) is 4.80.